The van der Waals surface area contributed by atoms with Crippen LogP contribution in [0, 0.1) is 0 Å². The molecule has 0 bridgehead atoms. The summed E-state index contributed by atoms with van der Waals surface area (Å²) >= 11 is 11.7. The molecule has 14 heteroatoms. The summed E-state index contributed by atoms with van der Waals surface area (Å²) in [7, 11) is 0. The van der Waals surface area contributed by atoms with E-state index in [-0.39, 0.29) is 48.7 Å². The Kier molecular flexibility index (Phi) is 16.9. The summed E-state index contributed by atoms with van der Waals surface area (Å²) in [6.45, 7) is 1.12. The van der Waals surface area contributed by atoms with Crippen LogP contribution in [-0.4, -0.2) is 36.9 Å². The highest BCUT2D eigenvalue weighted by atomic mass is 35.5. The second kappa shape index (κ2) is 18.4. The molecular formula is C22H32Cl4N10. The average molecular weight is 578 g/mol. The van der Waals surface area contributed by atoms with Crippen molar-refractivity contribution in [1.82, 2.24) is 0 Å². The van der Waals surface area contributed by atoms with E-state index in [1.165, 1.54) is 0 Å². The van der Waals surface area contributed by atoms with Crippen LogP contribution in [0.5, 0.6) is 0 Å². The number of nitrogens with zero attached hydrogens (tertiary/aromatic N) is 4. The first-order valence-corrected chi connectivity index (χ1v) is 11.4. The molecule has 10 N–H and O–H groups in total. The van der Waals surface area contributed by atoms with E-state index in [2.05, 4.69) is 30.6 Å². The minimum absolute atomic E-state index is 0. The van der Waals surface area contributed by atoms with Crippen LogP contribution in [0.2, 0.25) is 10.0 Å². The van der Waals surface area contributed by atoms with Crippen LogP contribution in [0.1, 0.15) is 25.7 Å². The van der Waals surface area contributed by atoms with Crippen LogP contribution < -0.4 is 33.6 Å². The first kappa shape index (κ1) is 33.1. The third-order valence-electron chi connectivity index (χ3n) is 4.32. The van der Waals surface area contributed by atoms with Gasteiger partial charge in [-0.25, -0.2) is 0 Å². The van der Waals surface area contributed by atoms with Gasteiger partial charge in [0.1, 0.15) is 0 Å². The summed E-state index contributed by atoms with van der Waals surface area (Å²) in [6.07, 6.45) is 3.68. The number of benzene rings is 2. The van der Waals surface area contributed by atoms with E-state index in [4.69, 9.17) is 46.1 Å². The van der Waals surface area contributed by atoms with Gasteiger partial charge in [-0.3, -0.25) is 9.98 Å². The lowest BCUT2D eigenvalue weighted by atomic mass is 10.2. The zero-order valence-corrected chi connectivity index (χ0v) is 22.7. The van der Waals surface area contributed by atoms with Crippen molar-refractivity contribution in [1.29, 1.82) is 0 Å². The quantitative estimate of drug-likeness (QED) is 0.148. The summed E-state index contributed by atoms with van der Waals surface area (Å²) in [6, 6.07) is 14.1. The molecule has 0 unspecified atom stereocenters. The van der Waals surface area contributed by atoms with Crippen molar-refractivity contribution in [3.63, 3.8) is 0 Å². The van der Waals surface area contributed by atoms with Gasteiger partial charge in [0.2, 0.25) is 23.8 Å². The predicted octanol–water partition coefficient (Wildman–Crippen LogP) is 4.18. The number of unbranched alkanes of at least 4 members (excludes halogenated alkanes) is 3. The molecule has 0 aromatic heterocycles. The van der Waals surface area contributed by atoms with Gasteiger partial charge < -0.3 is 33.6 Å². The highest BCUT2D eigenvalue weighted by Crippen LogP contribution is 2.13. The number of halogens is 4. The van der Waals surface area contributed by atoms with Gasteiger partial charge in [-0.05, 0) is 61.4 Å². The largest absolute Gasteiger partial charge is 0.369 e. The SMILES string of the molecule is Cl.Cl.NC(=NCCCCCCN=C(N)N=C(N)Nc1ccc(Cl)cc1)N=C(N)Nc1ccc(Cl)cc1. The fourth-order valence-electron chi connectivity index (χ4n) is 2.70. The molecule has 0 fully saturated rings. The molecule has 36 heavy (non-hydrogen) atoms. The van der Waals surface area contributed by atoms with E-state index < -0.39 is 0 Å². The molecule has 0 saturated carbocycles. The van der Waals surface area contributed by atoms with Gasteiger partial charge in [-0.2, -0.15) is 9.98 Å². The monoisotopic (exact) mass is 576 g/mol. The summed E-state index contributed by atoms with van der Waals surface area (Å²) in [4.78, 5) is 16.5. The molecule has 0 aliphatic heterocycles. The van der Waals surface area contributed by atoms with Crippen molar-refractivity contribution in [3.8, 4) is 0 Å². The number of aliphatic imine (C=N–C) groups is 4. The van der Waals surface area contributed by atoms with Gasteiger partial charge in [-0.15, -0.1) is 24.8 Å². The Morgan fingerprint density at radius 3 is 1.25 bits per heavy atom. The Morgan fingerprint density at radius 2 is 0.917 bits per heavy atom. The summed E-state index contributed by atoms with van der Waals surface area (Å²) in [5.41, 5.74) is 24.8. The maximum absolute atomic E-state index is 5.85. The lowest BCUT2D eigenvalue weighted by Gasteiger charge is -2.05. The van der Waals surface area contributed by atoms with Crippen LogP contribution in [0.3, 0.4) is 0 Å². The number of anilines is 2. The standard InChI is InChI=1S/C22H30Cl2N10.2ClH/c23-15-5-9-17(10-6-15)31-21(27)33-19(25)29-13-3-1-2-4-14-30-20(26)34-22(28)32-18-11-7-16(24)8-12-18;;/h5-12H,1-4,13-14H2,(H5,25,27,29,31,33)(H5,26,28,30,32,34);2*1H. The van der Waals surface area contributed by atoms with E-state index >= 15 is 0 Å². The molecule has 0 amide bonds. The van der Waals surface area contributed by atoms with Crippen molar-refractivity contribution >= 4 is 83.2 Å². The van der Waals surface area contributed by atoms with Gasteiger partial charge in [0, 0.05) is 34.5 Å². The van der Waals surface area contributed by atoms with Crippen molar-refractivity contribution in [2.45, 2.75) is 25.7 Å². The van der Waals surface area contributed by atoms with Crippen LogP contribution in [0.15, 0.2) is 68.5 Å². The number of guanidine groups is 4. The van der Waals surface area contributed by atoms with Crippen LogP contribution in [-0.2, 0) is 0 Å². The molecule has 2 aromatic rings. The lowest BCUT2D eigenvalue weighted by Crippen LogP contribution is -2.26. The molecule has 198 valence electrons. The second-order valence-electron chi connectivity index (χ2n) is 7.15. The molecule has 0 aliphatic rings. The number of hydrogen-bond donors (Lipinski definition) is 6. The van der Waals surface area contributed by atoms with E-state index in [1.54, 1.807) is 48.5 Å². The highest BCUT2D eigenvalue weighted by Gasteiger charge is 1.99. The smallest absolute Gasteiger partial charge is 0.218 e. The fourth-order valence-corrected chi connectivity index (χ4v) is 2.95. The lowest BCUT2D eigenvalue weighted by molar-refractivity contribution is 0.653. The third kappa shape index (κ3) is 14.5. The number of nitrogens with one attached hydrogen (secondary N) is 2. The highest BCUT2D eigenvalue weighted by molar-refractivity contribution is 6.31. The van der Waals surface area contributed by atoms with E-state index in [9.17, 15) is 0 Å². The predicted molar refractivity (Wildman–Crippen MR) is 159 cm³/mol. The Bertz CT molecular complexity index is 939. The fraction of sp³-hybridized carbons (Fsp3) is 0.273. The zero-order chi connectivity index (χ0) is 24.8. The molecule has 0 saturated heterocycles. The zero-order valence-electron chi connectivity index (χ0n) is 19.5. The first-order valence-electron chi connectivity index (χ1n) is 10.6. The summed E-state index contributed by atoms with van der Waals surface area (Å²) in [5.74, 6) is 0.564. The van der Waals surface area contributed by atoms with Crippen molar-refractivity contribution in [2.24, 2.45) is 42.9 Å². The Balaban J connectivity index is 0.00000612. The van der Waals surface area contributed by atoms with Crippen LogP contribution in [0.4, 0.5) is 11.4 Å². The molecule has 0 radical (unpaired) electrons. The average Bonchev–Trinajstić information content (AvgIpc) is 2.78. The maximum Gasteiger partial charge on any atom is 0.218 e. The number of nitrogens with two attached hydrogens (primary N) is 4. The van der Waals surface area contributed by atoms with Gasteiger partial charge in [0.15, 0.2) is 0 Å². The summed E-state index contributed by atoms with van der Waals surface area (Å²) in [5, 5.41) is 7.11. The van der Waals surface area contributed by atoms with Crippen molar-refractivity contribution < 1.29 is 0 Å². The van der Waals surface area contributed by atoms with E-state index in [0.29, 0.717) is 23.1 Å². The number of hydrogen-bond acceptors (Lipinski definition) is 2. The van der Waals surface area contributed by atoms with Gasteiger partial charge in [0.05, 0.1) is 0 Å². The van der Waals surface area contributed by atoms with Crippen molar-refractivity contribution in [3.05, 3.63) is 58.6 Å². The molecule has 0 aliphatic carbocycles. The van der Waals surface area contributed by atoms with E-state index in [1.807, 2.05) is 0 Å². The normalized spacial score (nSPS) is 12.4. The Labute approximate surface area is 233 Å². The molecule has 0 atom stereocenters. The number of rotatable bonds is 9. The molecule has 10 nitrogen and oxygen atoms in total. The van der Waals surface area contributed by atoms with Gasteiger partial charge in [0.25, 0.3) is 0 Å². The molecular weight excluding hydrogens is 546 g/mol. The van der Waals surface area contributed by atoms with Crippen molar-refractivity contribution in [2.75, 3.05) is 23.7 Å². The van der Waals surface area contributed by atoms with Crippen LogP contribution >= 0.6 is 48.0 Å². The van der Waals surface area contributed by atoms with Gasteiger partial charge in [-0.1, -0.05) is 36.0 Å². The maximum atomic E-state index is 5.85. The summed E-state index contributed by atoms with van der Waals surface area (Å²) < 4.78 is 0. The Hall–Kier alpha value is -2.92. The topological polar surface area (TPSA) is 178 Å². The third-order valence-corrected chi connectivity index (χ3v) is 4.82. The Morgan fingerprint density at radius 1 is 0.583 bits per heavy atom. The minimum Gasteiger partial charge on any atom is -0.369 e. The molecule has 2 rings (SSSR count). The molecule has 0 heterocycles. The first-order chi connectivity index (χ1) is 16.3. The van der Waals surface area contributed by atoms with E-state index in [0.717, 1.165) is 37.1 Å². The second-order valence-corrected chi connectivity index (χ2v) is 8.02. The van der Waals surface area contributed by atoms with Crippen LogP contribution in [0.25, 0.3) is 0 Å². The molecule has 0 spiro atoms. The minimum atomic E-state index is 0. The molecule has 2 aromatic carbocycles. The van der Waals surface area contributed by atoms with Gasteiger partial charge >= 0.3 is 0 Å².